The van der Waals surface area contributed by atoms with Gasteiger partial charge in [-0.3, -0.25) is 4.99 Å². The molecule has 0 saturated heterocycles. The molecule has 0 fully saturated rings. The van der Waals surface area contributed by atoms with Gasteiger partial charge in [-0.25, -0.2) is 0 Å². The van der Waals surface area contributed by atoms with E-state index in [0.717, 1.165) is 38.7 Å². The molecule has 1 aliphatic rings. The fourth-order valence-electron chi connectivity index (χ4n) is 2.84. The van der Waals surface area contributed by atoms with Crippen molar-refractivity contribution in [3.63, 3.8) is 0 Å². The van der Waals surface area contributed by atoms with E-state index < -0.39 is 0 Å². The van der Waals surface area contributed by atoms with Crippen LogP contribution in [0.2, 0.25) is 5.02 Å². The van der Waals surface area contributed by atoms with Crippen LogP contribution in [0.3, 0.4) is 0 Å². The van der Waals surface area contributed by atoms with Crippen LogP contribution >= 0.6 is 11.6 Å². The maximum Gasteiger partial charge on any atom is 0.168 e. The Hall–Kier alpha value is -2.39. The molecule has 22 heavy (non-hydrogen) atoms. The average molecular weight is 309 g/mol. The van der Waals surface area contributed by atoms with Gasteiger partial charge in [-0.15, -0.1) is 0 Å². The van der Waals surface area contributed by atoms with E-state index in [1.54, 1.807) is 6.20 Å². The molecule has 1 atom stereocenters. The van der Waals surface area contributed by atoms with Crippen LogP contribution in [-0.4, -0.2) is 10.9 Å². The van der Waals surface area contributed by atoms with Crippen LogP contribution in [0, 0.1) is 0 Å². The van der Waals surface area contributed by atoms with Crippen LogP contribution in [0.5, 0.6) is 0 Å². The number of halogens is 1. The van der Waals surface area contributed by atoms with Crippen molar-refractivity contribution in [2.24, 2.45) is 4.99 Å². The van der Waals surface area contributed by atoms with Crippen molar-refractivity contribution in [3.05, 3.63) is 76.6 Å². The smallest absolute Gasteiger partial charge is 0.168 e. The van der Waals surface area contributed by atoms with Gasteiger partial charge in [0.2, 0.25) is 0 Å². The molecule has 0 bridgehead atoms. The van der Waals surface area contributed by atoms with Gasteiger partial charge >= 0.3 is 0 Å². The maximum absolute atomic E-state index is 6.00. The SMILES string of the molecule is CC1N=C(c2ccc(Cl)cc2)c2ccccc2-c2cnoc21. The summed E-state index contributed by atoms with van der Waals surface area (Å²) in [6, 6.07) is 15.9. The third kappa shape index (κ3) is 2.06. The Morgan fingerprint density at radius 3 is 2.45 bits per heavy atom. The number of hydrogen-bond acceptors (Lipinski definition) is 3. The summed E-state index contributed by atoms with van der Waals surface area (Å²) in [5.41, 5.74) is 5.18. The number of nitrogens with zero attached hydrogens (tertiary/aromatic N) is 2. The molecular weight excluding hydrogens is 296 g/mol. The van der Waals surface area contributed by atoms with Gasteiger partial charge in [0.25, 0.3) is 0 Å². The van der Waals surface area contributed by atoms with Gasteiger partial charge in [0.1, 0.15) is 6.04 Å². The zero-order valence-electron chi connectivity index (χ0n) is 12.0. The summed E-state index contributed by atoms with van der Waals surface area (Å²) in [5.74, 6) is 0.802. The maximum atomic E-state index is 6.00. The van der Waals surface area contributed by atoms with Gasteiger partial charge in [-0.1, -0.05) is 53.2 Å². The molecule has 1 aromatic heterocycles. The summed E-state index contributed by atoms with van der Waals surface area (Å²) >= 11 is 6.00. The van der Waals surface area contributed by atoms with Gasteiger partial charge in [0.05, 0.1) is 11.9 Å². The second kappa shape index (κ2) is 5.11. The molecule has 108 valence electrons. The normalized spacial score (nSPS) is 16.5. The first-order chi connectivity index (χ1) is 10.7. The van der Waals surface area contributed by atoms with Crippen molar-refractivity contribution in [1.82, 2.24) is 5.16 Å². The highest BCUT2D eigenvalue weighted by molar-refractivity contribution is 6.30. The van der Waals surface area contributed by atoms with Crippen molar-refractivity contribution < 1.29 is 4.52 Å². The predicted molar refractivity (Wildman–Crippen MR) is 87.4 cm³/mol. The first-order valence-corrected chi connectivity index (χ1v) is 7.50. The van der Waals surface area contributed by atoms with Crippen molar-refractivity contribution in [3.8, 4) is 11.1 Å². The number of hydrogen-bond donors (Lipinski definition) is 0. The second-order valence-corrected chi connectivity index (χ2v) is 5.75. The zero-order valence-corrected chi connectivity index (χ0v) is 12.7. The van der Waals surface area contributed by atoms with Crippen molar-refractivity contribution >= 4 is 17.3 Å². The van der Waals surface area contributed by atoms with Crippen LogP contribution in [0.15, 0.2) is 64.2 Å². The average Bonchev–Trinajstić information content (AvgIpc) is 2.99. The molecule has 2 aromatic carbocycles. The fraction of sp³-hybridized carbons (Fsp3) is 0.111. The minimum Gasteiger partial charge on any atom is -0.358 e. The Labute approximate surface area is 133 Å². The van der Waals surface area contributed by atoms with E-state index in [1.807, 2.05) is 43.3 Å². The van der Waals surface area contributed by atoms with Crippen LogP contribution in [0.4, 0.5) is 0 Å². The Kier molecular flexibility index (Phi) is 3.09. The van der Waals surface area contributed by atoms with Crippen LogP contribution in [0.25, 0.3) is 11.1 Å². The summed E-state index contributed by atoms with van der Waals surface area (Å²) in [5, 5.41) is 4.66. The quantitative estimate of drug-likeness (QED) is 0.641. The molecule has 3 aromatic rings. The number of fused-ring (bicyclic) bond motifs is 3. The molecule has 2 heterocycles. The van der Waals surface area contributed by atoms with E-state index in [0.29, 0.717) is 0 Å². The number of aromatic nitrogens is 1. The monoisotopic (exact) mass is 308 g/mol. The van der Waals surface area contributed by atoms with Crippen molar-refractivity contribution in [2.75, 3.05) is 0 Å². The molecule has 1 unspecified atom stereocenters. The van der Waals surface area contributed by atoms with Gasteiger partial charge < -0.3 is 4.52 Å². The zero-order chi connectivity index (χ0) is 15.1. The molecule has 4 rings (SSSR count). The topological polar surface area (TPSA) is 38.4 Å². The van der Waals surface area contributed by atoms with Crippen molar-refractivity contribution in [2.45, 2.75) is 13.0 Å². The highest BCUT2D eigenvalue weighted by Crippen LogP contribution is 2.37. The van der Waals surface area contributed by atoms with Gasteiger partial charge in [-0.2, -0.15) is 0 Å². The van der Waals surface area contributed by atoms with Gasteiger partial charge in [0.15, 0.2) is 5.76 Å². The summed E-state index contributed by atoms with van der Waals surface area (Å²) in [6.07, 6.45) is 1.77. The van der Waals surface area contributed by atoms with E-state index in [9.17, 15) is 0 Å². The molecule has 1 aliphatic heterocycles. The molecule has 0 radical (unpaired) electrons. The minimum atomic E-state index is -0.0874. The molecule has 3 nitrogen and oxygen atoms in total. The van der Waals surface area contributed by atoms with E-state index >= 15 is 0 Å². The van der Waals surface area contributed by atoms with Crippen molar-refractivity contribution in [1.29, 1.82) is 0 Å². The molecule has 0 saturated carbocycles. The Bertz CT molecular complexity index is 865. The number of rotatable bonds is 1. The lowest BCUT2D eigenvalue weighted by Gasteiger charge is -2.10. The van der Waals surface area contributed by atoms with E-state index in [1.165, 1.54) is 0 Å². The minimum absolute atomic E-state index is 0.0874. The van der Waals surface area contributed by atoms with Gasteiger partial charge in [-0.05, 0) is 24.6 Å². The molecule has 0 amide bonds. The fourth-order valence-corrected chi connectivity index (χ4v) is 2.96. The molecule has 4 heteroatoms. The summed E-state index contributed by atoms with van der Waals surface area (Å²) in [4.78, 5) is 4.87. The highest BCUT2D eigenvalue weighted by Gasteiger charge is 2.25. The molecule has 0 aliphatic carbocycles. The lowest BCUT2D eigenvalue weighted by molar-refractivity contribution is 0.369. The predicted octanol–water partition coefficient (Wildman–Crippen LogP) is 4.91. The number of benzene rings is 2. The largest absolute Gasteiger partial charge is 0.358 e. The Balaban J connectivity index is 1.98. The van der Waals surface area contributed by atoms with E-state index in [4.69, 9.17) is 21.1 Å². The Morgan fingerprint density at radius 1 is 0.955 bits per heavy atom. The highest BCUT2D eigenvalue weighted by atomic mass is 35.5. The number of aliphatic imine (C=N–C) groups is 1. The summed E-state index contributed by atoms with van der Waals surface area (Å²) in [7, 11) is 0. The van der Waals surface area contributed by atoms with Gasteiger partial charge in [0, 0.05) is 21.7 Å². The van der Waals surface area contributed by atoms with Crippen LogP contribution in [-0.2, 0) is 0 Å². The third-order valence-corrected chi connectivity index (χ3v) is 4.14. The lowest BCUT2D eigenvalue weighted by atomic mass is 9.94. The first kappa shape index (κ1) is 13.3. The summed E-state index contributed by atoms with van der Waals surface area (Å²) < 4.78 is 5.43. The lowest BCUT2D eigenvalue weighted by Crippen LogP contribution is -2.05. The molecule has 0 spiro atoms. The van der Waals surface area contributed by atoms with E-state index in [2.05, 4.69) is 17.3 Å². The first-order valence-electron chi connectivity index (χ1n) is 7.12. The standard InChI is InChI=1S/C18H13ClN2O/c1-11-18-16(10-20-22-18)14-4-2-3-5-15(14)17(21-11)12-6-8-13(19)9-7-12/h2-11H,1H3. The Morgan fingerprint density at radius 2 is 1.68 bits per heavy atom. The second-order valence-electron chi connectivity index (χ2n) is 5.31. The van der Waals surface area contributed by atoms with E-state index in [-0.39, 0.29) is 6.04 Å². The summed E-state index contributed by atoms with van der Waals surface area (Å²) in [6.45, 7) is 2.02. The molecular formula is C18H13ClN2O. The third-order valence-electron chi connectivity index (χ3n) is 3.89. The van der Waals surface area contributed by atoms with Crippen LogP contribution < -0.4 is 0 Å². The van der Waals surface area contributed by atoms with Crippen LogP contribution in [0.1, 0.15) is 29.9 Å². The molecule has 0 N–H and O–H groups in total.